The van der Waals surface area contributed by atoms with Crippen molar-refractivity contribution in [1.82, 2.24) is 14.8 Å². The van der Waals surface area contributed by atoms with Gasteiger partial charge in [0, 0.05) is 28.0 Å². The SMILES string of the molecule is Nc1ccc2cnn(-c3cncc4ccccc34)c2c1. The molecular formula is C16H12N4. The molecule has 0 unspecified atom stereocenters. The normalized spacial score (nSPS) is 11.2. The van der Waals surface area contributed by atoms with Gasteiger partial charge in [-0.05, 0) is 18.2 Å². The van der Waals surface area contributed by atoms with Gasteiger partial charge in [-0.1, -0.05) is 24.3 Å². The van der Waals surface area contributed by atoms with Crippen LogP contribution < -0.4 is 5.73 Å². The molecule has 2 aromatic heterocycles. The van der Waals surface area contributed by atoms with E-state index in [9.17, 15) is 0 Å². The van der Waals surface area contributed by atoms with Gasteiger partial charge in [0.2, 0.25) is 0 Å². The number of nitrogens with zero attached hydrogens (tertiary/aromatic N) is 3. The molecule has 0 aliphatic heterocycles. The Hall–Kier alpha value is -2.88. The maximum Gasteiger partial charge on any atom is 0.0914 e. The molecule has 0 atom stereocenters. The van der Waals surface area contributed by atoms with Crippen molar-refractivity contribution in [2.45, 2.75) is 0 Å². The summed E-state index contributed by atoms with van der Waals surface area (Å²) in [5.74, 6) is 0. The third-order valence-corrected chi connectivity index (χ3v) is 3.47. The zero-order valence-corrected chi connectivity index (χ0v) is 10.7. The zero-order chi connectivity index (χ0) is 13.5. The zero-order valence-electron chi connectivity index (χ0n) is 10.7. The molecule has 0 radical (unpaired) electrons. The van der Waals surface area contributed by atoms with Crippen LogP contribution in [0.2, 0.25) is 0 Å². The maximum atomic E-state index is 5.89. The average Bonchev–Trinajstić information content (AvgIpc) is 2.89. The second-order valence-electron chi connectivity index (χ2n) is 4.75. The lowest BCUT2D eigenvalue weighted by molar-refractivity contribution is 0.912. The molecule has 2 N–H and O–H groups in total. The van der Waals surface area contributed by atoms with E-state index < -0.39 is 0 Å². The predicted molar refractivity (Wildman–Crippen MR) is 80.8 cm³/mol. The Balaban J connectivity index is 2.09. The summed E-state index contributed by atoms with van der Waals surface area (Å²) in [5.41, 5.74) is 8.57. The van der Waals surface area contributed by atoms with E-state index in [2.05, 4.69) is 16.1 Å². The number of pyridine rings is 1. The van der Waals surface area contributed by atoms with Crippen molar-refractivity contribution in [2.75, 3.05) is 5.73 Å². The van der Waals surface area contributed by atoms with Gasteiger partial charge in [-0.25, -0.2) is 4.68 Å². The summed E-state index contributed by atoms with van der Waals surface area (Å²) in [6.45, 7) is 0. The summed E-state index contributed by atoms with van der Waals surface area (Å²) in [4.78, 5) is 4.31. The van der Waals surface area contributed by atoms with Crippen LogP contribution in [-0.2, 0) is 0 Å². The molecule has 0 spiro atoms. The van der Waals surface area contributed by atoms with E-state index in [1.165, 1.54) is 0 Å². The first kappa shape index (κ1) is 11.0. The van der Waals surface area contributed by atoms with Crippen LogP contribution in [0.3, 0.4) is 0 Å². The molecule has 4 rings (SSSR count). The molecule has 0 bridgehead atoms. The van der Waals surface area contributed by atoms with Gasteiger partial charge in [0.15, 0.2) is 0 Å². The highest BCUT2D eigenvalue weighted by Gasteiger charge is 2.08. The minimum Gasteiger partial charge on any atom is -0.399 e. The third-order valence-electron chi connectivity index (χ3n) is 3.47. The highest BCUT2D eigenvalue weighted by atomic mass is 15.3. The first-order chi connectivity index (χ1) is 9.83. The van der Waals surface area contributed by atoms with Crippen LogP contribution in [0.5, 0.6) is 0 Å². The van der Waals surface area contributed by atoms with E-state index in [-0.39, 0.29) is 0 Å². The molecule has 0 aliphatic rings. The molecule has 20 heavy (non-hydrogen) atoms. The summed E-state index contributed by atoms with van der Waals surface area (Å²) in [7, 11) is 0. The van der Waals surface area contributed by atoms with E-state index in [4.69, 9.17) is 5.73 Å². The fourth-order valence-corrected chi connectivity index (χ4v) is 2.50. The quantitative estimate of drug-likeness (QED) is 0.535. The van der Waals surface area contributed by atoms with Crippen molar-refractivity contribution in [3.63, 3.8) is 0 Å². The van der Waals surface area contributed by atoms with E-state index >= 15 is 0 Å². The molecule has 0 saturated carbocycles. The van der Waals surface area contributed by atoms with Crippen LogP contribution in [-0.4, -0.2) is 14.8 Å². The van der Waals surface area contributed by atoms with Gasteiger partial charge >= 0.3 is 0 Å². The van der Waals surface area contributed by atoms with Crippen molar-refractivity contribution in [2.24, 2.45) is 0 Å². The number of aromatic nitrogens is 3. The van der Waals surface area contributed by atoms with Gasteiger partial charge in [0.25, 0.3) is 0 Å². The molecule has 0 aliphatic carbocycles. The van der Waals surface area contributed by atoms with Gasteiger partial charge in [0.1, 0.15) is 0 Å². The number of rotatable bonds is 1. The number of nitrogens with two attached hydrogens (primary N) is 1. The second kappa shape index (κ2) is 4.06. The van der Waals surface area contributed by atoms with E-state index in [0.717, 1.165) is 33.1 Å². The molecule has 0 fully saturated rings. The van der Waals surface area contributed by atoms with Crippen molar-refractivity contribution in [1.29, 1.82) is 0 Å². The van der Waals surface area contributed by atoms with Crippen LogP contribution in [0, 0.1) is 0 Å². The standard InChI is InChI=1S/C16H12N4/c17-13-6-5-12-9-19-20(15(12)7-13)16-10-18-8-11-3-1-2-4-14(11)16/h1-10H,17H2. The Kier molecular flexibility index (Phi) is 2.23. The molecule has 4 aromatic rings. The largest absolute Gasteiger partial charge is 0.399 e. The van der Waals surface area contributed by atoms with Crippen molar-refractivity contribution in [3.05, 3.63) is 61.1 Å². The Morgan fingerprint density at radius 3 is 2.75 bits per heavy atom. The highest BCUT2D eigenvalue weighted by molar-refractivity contribution is 5.92. The number of benzene rings is 2. The lowest BCUT2D eigenvalue weighted by Gasteiger charge is -2.07. The molecule has 2 heterocycles. The topological polar surface area (TPSA) is 56.7 Å². The third kappa shape index (κ3) is 1.55. The molecule has 4 heteroatoms. The number of hydrogen-bond donors (Lipinski definition) is 1. The Morgan fingerprint density at radius 1 is 0.900 bits per heavy atom. The van der Waals surface area contributed by atoms with E-state index in [1.54, 1.807) is 0 Å². The molecule has 2 aromatic carbocycles. The monoisotopic (exact) mass is 260 g/mol. The fraction of sp³-hybridized carbons (Fsp3) is 0. The minimum atomic E-state index is 0.729. The molecule has 0 amide bonds. The molecule has 4 nitrogen and oxygen atoms in total. The Labute approximate surface area is 115 Å². The average molecular weight is 260 g/mol. The van der Waals surface area contributed by atoms with Gasteiger partial charge in [-0.15, -0.1) is 0 Å². The van der Waals surface area contributed by atoms with Gasteiger partial charge in [-0.2, -0.15) is 5.10 Å². The van der Waals surface area contributed by atoms with Crippen molar-refractivity contribution in [3.8, 4) is 5.69 Å². The molecular weight excluding hydrogens is 248 g/mol. The number of nitrogen functional groups attached to an aromatic ring is 1. The van der Waals surface area contributed by atoms with Crippen molar-refractivity contribution < 1.29 is 0 Å². The second-order valence-corrected chi connectivity index (χ2v) is 4.75. The summed E-state index contributed by atoms with van der Waals surface area (Å²) in [6.07, 6.45) is 5.54. The molecule has 96 valence electrons. The van der Waals surface area contributed by atoms with Crippen LogP contribution >= 0.6 is 0 Å². The number of fused-ring (bicyclic) bond motifs is 2. The first-order valence-electron chi connectivity index (χ1n) is 6.39. The molecule has 0 saturated heterocycles. The summed E-state index contributed by atoms with van der Waals surface area (Å²) in [5, 5.41) is 7.76. The summed E-state index contributed by atoms with van der Waals surface area (Å²) in [6, 6.07) is 13.9. The van der Waals surface area contributed by atoms with Crippen LogP contribution in [0.15, 0.2) is 61.1 Å². The number of hydrogen-bond acceptors (Lipinski definition) is 3. The van der Waals surface area contributed by atoms with Crippen molar-refractivity contribution >= 4 is 27.4 Å². The lowest BCUT2D eigenvalue weighted by Crippen LogP contribution is -1.98. The highest BCUT2D eigenvalue weighted by Crippen LogP contribution is 2.25. The number of anilines is 1. The minimum absolute atomic E-state index is 0.729. The fourth-order valence-electron chi connectivity index (χ4n) is 2.50. The van der Waals surface area contributed by atoms with E-state index in [1.807, 2.05) is 59.7 Å². The lowest BCUT2D eigenvalue weighted by atomic mass is 10.1. The summed E-state index contributed by atoms with van der Waals surface area (Å²) >= 11 is 0. The predicted octanol–water partition coefficient (Wildman–Crippen LogP) is 3.16. The first-order valence-corrected chi connectivity index (χ1v) is 6.39. The Bertz CT molecular complexity index is 919. The van der Waals surface area contributed by atoms with Gasteiger partial charge in [0.05, 0.1) is 23.6 Å². The van der Waals surface area contributed by atoms with E-state index in [0.29, 0.717) is 0 Å². The summed E-state index contributed by atoms with van der Waals surface area (Å²) < 4.78 is 1.89. The van der Waals surface area contributed by atoms with Gasteiger partial charge in [-0.3, -0.25) is 4.98 Å². The smallest absolute Gasteiger partial charge is 0.0914 e. The van der Waals surface area contributed by atoms with Crippen LogP contribution in [0.4, 0.5) is 5.69 Å². The maximum absolute atomic E-state index is 5.89. The van der Waals surface area contributed by atoms with Crippen LogP contribution in [0.25, 0.3) is 27.4 Å². The van der Waals surface area contributed by atoms with Crippen LogP contribution in [0.1, 0.15) is 0 Å². The van der Waals surface area contributed by atoms with Gasteiger partial charge < -0.3 is 5.73 Å². The Morgan fingerprint density at radius 2 is 1.80 bits per heavy atom.